The van der Waals surface area contributed by atoms with Crippen molar-refractivity contribution in [3.63, 3.8) is 0 Å². The fourth-order valence-corrected chi connectivity index (χ4v) is 2.91. The van der Waals surface area contributed by atoms with E-state index < -0.39 is 0 Å². The van der Waals surface area contributed by atoms with Gasteiger partial charge in [-0.1, -0.05) is 23.8 Å². The number of allylic oxidation sites excluding steroid dienone is 2. The lowest BCUT2D eigenvalue weighted by Gasteiger charge is -2.11. The highest BCUT2D eigenvalue weighted by atomic mass is 16.1. The van der Waals surface area contributed by atoms with Gasteiger partial charge in [0.05, 0.1) is 0 Å². The van der Waals surface area contributed by atoms with Gasteiger partial charge in [-0.15, -0.1) is 0 Å². The van der Waals surface area contributed by atoms with Crippen LogP contribution in [0.5, 0.6) is 0 Å². The Balaban J connectivity index is 2.09. The molecule has 100 valence electrons. The van der Waals surface area contributed by atoms with E-state index in [4.69, 9.17) is 0 Å². The van der Waals surface area contributed by atoms with Crippen molar-refractivity contribution in [3.8, 4) is 0 Å². The third-order valence-electron chi connectivity index (χ3n) is 4.00. The van der Waals surface area contributed by atoms with Crippen LogP contribution in [0.2, 0.25) is 0 Å². The van der Waals surface area contributed by atoms with Gasteiger partial charge in [0.25, 0.3) is 0 Å². The van der Waals surface area contributed by atoms with E-state index in [9.17, 15) is 9.59 Å². The highest BCUT2D eigenvalue weighted by Crippen LogP contribution is 2.28. The molecule has 4 rings (SSSR count). The number of benzene rings is 3. The maximum atomic E-state index is 12.0. The summed E-state index contributed by atoms with van der Waals surface area (Å²) in [7, 11) is 0. The SMILES string of the molecule is Cc1ccc2cc3cc4c(cc3cc2c1)C(=O)C=CC4=O. The Hall–Kier alpha value is -2.74. The van der Waals surface area contributed by atoms with E-state index in [0.29, 0.717) is 11.1 Å². The molecule has 0 amide bonds. The standard InChI is InChI=1S/C19H12O2/c1-11-2-3-12-7-14-9-16-17(19(21)5-4-18(16)20)10-15(14)8-13(12)6-11/h2-10H,1H3. The fraction of sp³-hybridized carbons (Fsp3) is 0.0526. The summed E-state index contributed by atoms with van der Waals surface area (Å²) in [5.41, 5.74) is 2.21. The molecule has 0 saturated carbocycles. The van der Waals surface area contributed by atoms with Crippen LogP contribution in [0, 0.1) is 6.92 Å². The first kappa shape index (κ1) is 12.0. The van der Waals surface area contributed by atoms with Gasteiger partial charge in [0.2, 0.25) is 0 Å². The summed E-state index contributed by atoms with van der Waals surface area (Å²) in [5, 5.41) is 4.26. The molecule has 0 bridgehead atoms. The average molecular weight is 272 g/mol. The number of hydrogen-bond acceptors (Lipinski definition) is 2. The molecule has 3 aromatic rings. The summed E-state index contributed by atoms with van der Waals surface area (Å²) in [6, 6.07) is 14.1. The first-order valence-electron chi connectivity index (χ1n) is 6.87. The number of fused-ring (bicyclic) bond motifs is 3. The summed E-state index contributed by atoms with van der Waals surface area (Å²) >= 11 is 0. The average Bonchev–Trinajstić information content (AvgIpc) is 2.48. The minimum absolute atomic E-state index is 0.101. The topological polar surface area (TPSA) is 34.1 Å². The lowest BCUT2D eigenvalue weighted by Crippen LogP contribution is -2.11. The summed E-state index contributed by atoms with van der Waals surface area (Å²) in [6.07, 6.45) is 2.70. The van der Waals surface area contributed by atoms with E-state index in [0.717, 1.165) is 21.5 Å². The molecule has 3 aromatic carbocycles. The van der Waals surface area contributed by atoms with Crippen LogP contribution in [-0.2, 0) is 0 Å². The van der Waals surface area contributed by atoms with Crippen LogP contribution in [-0.4, -0.2) is 11.6 Å². The second-order valence-corrected chi connectivity index (χ2v) is 5.51. The van der Waals surface area contributed by atoms with Gasteiger partial charge >= 0.3 is 0 Å². The van der Waals surface area contributed by atoms with Gasteiger partial charge in [-0.05, 0) is 64.9 Å². The lowest BCUT2D eigenvalue weighted by atomic mass is 9.90. The molecule has 2 nitrogen and oxygen atoms in total. The molecule has 0 heterocycles. The zero-order valence-corrected chi connectivity index (χ0v) is 11.5. The molecule has 0 radical (unpaired) electrons. The van der Waals surface area contributed by atoms with E-state index in [2.05, 4.69) is 37.3 Å². The molecular weight excluding hydrogens is 260 g/mol. The Morgan fingerprint density at radius 2 is 1.14 bits per heavy atom. The Bertz CT molecular complexity index is 978. The second kappa shape index (κ2) is 4.13. The lowest BCUT2D eigenvalue weighted by molar-refractivity contribution is 0.0994. The van der Waals surface area contributed by atoms with E-state index in [1.54, 1.807) is 0 Å². The van der Waals surface area contributed by atoms with Crippen LogP contribution in [0.25, 0.3) is 21.5 Å². The van der Waals surface area contributed by atoms with Crippen molar-refractivity contribution in [3.05, 3.63) is 71.3 Å². The number of hydrogen-bond donors (Lipinski definition) is 0. The number of rotatable bonds is 0. The van der Waals surface area contributed by atoms with Gasteiger partial charge < -0.3 is 0 Å². The fourth-order valence-electron chi connectivity index (χ4n) is 2.91. The van der Waals surface area contributed by atoms with Crippen molar-refractivity contribution in [2.45, 2.75) is 6.92 Å². The summed E-state index contributed by atoms with van der Waals surface area (Å²) in [6.45, 7) is 2.06. The molecule has 0 spiro atoms. The van der Waals surface area contributed by atoms with Crippen molar-refractivity contribution in [1.29, 1.82) is 0 Å². The normalized spacial score (nSPS) is 14.0. The van der Waals surface area contributed by atoms with Gasteiger partial charge in [-0.25, -0.2) is 0 Å². The number of aryl methyl sites for hydroxylation is 1. The zero-order valence-electron chi connectivity index (χ0n) is 11.5. The van der Waals surface area contributed by atoms with E-state index in [1.165, 1.54) is 17.7 Å². The summed E-state index contributed by atoms with van der Waals surface area (Å²) in [4.78, 5) is 23.9. The van der Waals surface area contributed by atoms with Gasteiger partial charge in [0, 0.05) is 11.1 Å². The molecule has 0 saturated heterocycles. The van der Waals surface area contributed by atoms with Gasteiger partial charge in [0.1, 0.15) is 0 Å². The van der Waals surface area contributed by atoms with Crippen molar-refractivity contribution in [2.75, 3.05) is 0 Å². The van der Waals surface area contributed by atoms with Crippen LogP contribution in [0.3, 0.4) is 0 Å². The molecule has 0 unspecified atom stereocenters. The molecule has 0 aromatic heterocycles. The van der Waals surface area contributed by atoms with Crippen LogP contribution >= 0.6 is 0 Å². The van der Waals surface area contributed by atoms with E-state index in [1.807, 2.05) is 12.1 Å². The Kier molecular flexibility index (Phi) is 2.36. The molecule has 1 aliphatic rings. The first-order chi connectivity index (χ1) is 10.1. The number of ketones is 2. The molecule has 2 heteroatoms. The van der Waals surface area contributed by atoms with Gasteiger partial charge in [-0.2, -0.15) is 0 Å². The molecule has 0 aliphatic heterocycles. The smallest absolute Gasteiger partial charge is 0.186 e. The van der Waals surface area contributed by atoms with Gasteiger partial charge in [-0.3, -0.25) is 9.59 Å². The van der Waals surface area contributed by atoms with E-state index in [-0.39, 0.29) is 11.6 Å². The zero-order chi connectivity index (χ0) is 14.6. The maximum absolute atomic E-state index is 12.0. The summed E-state index contributed by atoms with van der Waals surface area (Å²) in [5.74, 6) is -0.202. The molecule has 1 aliphatic carbocycles. The summed E-state index contributed by atoms with van der Waals surface area (Å²) < 4.78 is 0. The highest BCUT2D eigenvalue weighted by Gasteiger charge is 2.19. The van der Waals surface area contributed by atoms with E-state index >= 15 is 0 Å². The van der Waals surface area contributed by atoms with Crippen molar-refractivity contribution in [1.82, 2.24) is 0 Å². The minimum Gasteiger partial charge on any atom is -0.289 e. The van der Waals surface area contributed by atoms with Crippen LogP contribution in [0.4, 0.5) is 0 Å². The molecule has 0 fully saturated rings. The van der Waals surface area contributed by atoms with Crippen molar-refractivity contribution >= 4 is 33.1 Å². The third kappa shape index (κ3) is 1.80. The van der Waals surface area contributed by atoms with Crippen LogP contribution in [0.15, 0.2) is 54.6 Å². The highest BCUT2D eigenvalue weighted by molar-refractivity contribution is 6.24. The predicted molar refractivity (Wildman–Crippen MR) is 84.0 cm³/mol. The molecular formula is C19H12O2. The Morgan fingerprint density at radius 3 is 1.76 bits per heavy atom. The predicted octanol–water partition coefficient (Wildman–Crippen LogP) is 4.24. The minimum atomic E-state index is -0.101. The monoisotopic (exact) mass is 272 g/mol. The molecule has 21 heavy (non-hydrogen) atoms. The van der Waals surface area contributed by atoms with Crippen molar-refractivity contribution in [2.24, 2.45) is 0 Å². The molecule has 0 N–H and O–H groups in total. The first-order valence-corrected chi connectivity index (χ1v) is 6.87. The molecule has 0 atom stereocenters. The Morgan fingerprint density at radius 1 is 0.619 bits per heavy atom. The quantitative estimate of drug-likeness (QED) is 0.574. The largest absolute Gasteiger partial charge is 0.289 e. The van der Waals surface area contributed by atoms with Crippen LogP contribution < -0.4 is 0 Å². The van der Waals surface area contributed by atoms with Crippen LogP contribution in [0.1, 0.15) is 26.3 Å². The Labute approximate surface area is 121 Å². The third-order valence-corrected chi connectivity index (χ3v) is 4.00. The van der Waals surface area contributed by atoms with Gasteiger partial charge in [0.15, 0.2) is 11.6 Å². The number of carbonyl (C=O) groups excluding carboxylic acids is 2. The maximum Gasteiger partial charge on any atom is 0.186 e. The van der Waals surface area contributed by atoms with Crippen molar-refractivity contribution < 1.29 is 9.59 Å². The second-order valence-electron chi connectivity index (χ2n) is 5.51. The number of carbonyl (C=O) groups is 2.